The highest BCUT2D eigenvalue weighted by molar-refractivity contribution is 5.72. The smallest absolute Gasteiger partial charge is 0.310 e. The second-order valence-corrected chi connectivity index (χ2v) is 5.85. The van der Waals surface area contributed by atoms with E-state index >= 15 is 0 Å². The zero-order valence-electron chi connectivity index (χ0n) is 11.7. The van der Waals surface area contributed by atoms with Crippen molar-refractivity contribution in [1.29, 1.82) is 0 Å². The molecule has 2 rings (SSSR count). The second-order valence-electron chi connectivity index (χ2n) is 5.85. The molecule has 3 heteroatoms. The molecule has 0 amide bonds. The number of ether oxygens (including phenoxy) is 1. The molecule has 3 nitrogen and oxygen atoms in total. The van der Waals surface area contributed by atoms with Gasteiger partial charge in [0.2, 0.25) is 0 Å². The van der Waals surface area contributed by atoms with E-state index in [0.717, 1.165) is 25.3 Å². The molecule has 104 valence electrons. The molecule has 1 saturated heterocycles. The number of carbonyl (C=O) groups excluding carboxylic acids is 1. The number of hydrogen-bond acceptors (Lipinski definition) is 3. The minimum absolute atomic E-state index is 0.0193. The number of piperidine rings is 1. The summed E-state index contributed by atoms with van der Waals surface area (Å²) in [6, 6.07) is 0. The summed E-state index contributed by atoms with van der Waals surface area (Å²) < 4.78 is 5.15. The van der Waals surface area contributed by atoms with Gasteiger partial charge in [-0.15, -0.1) is 0 Å². The lowest BCUT2D eigenvalue weighted by Crippen LogP contribution is -2.41. The van der Waals surface area contributed by atoms with Crippen molar-refractivity contribution in [2.24, 2.45) is 11.8 Å². The lowest BCUT2D eigenvalue weighted by atomic mass is 9.88. The fraction of sp³-hybridized carbons (Fsp3) is 0.933. The predicted octanol–water partition coefficient (Wildman–Crippen LogP) is 2.84. The number of rotatable bonds is 4. The summed E-state index contributed by atoms with van der Waals surface area (Å²) in [6.07, 6.45) is 9.17. The Balaban J connectivity index is 1.77. The summed E-state index contributed by atoms with van der Waals surface area (Å²) >= 11 is 0. The lowest BCUT2D eigenvalue weighted by molar-refractivity contribution is -0.150. The van der Waals surface area contributed by atoms with Gasteiger partial charge in [-0.1, -0.05) is 19.3 Å². The maximum atomic E-state index is 11.8. The number of esters is 1. The fourth-order valence-electron chi connectivity index (χ4n) is 3.41. The van der Waals surface area contributed by atoms with Crippen LogP contribution in [0.2, 0.25) is 0 Å². The van der Waals surface area contributed by atoms with Gasteiger partial charge >= 0.3 is 5.97 Å². The third-order valence-electron chi connectivity index (χ3n) is 4.37. The molecule has 2 fully saturated rings. The predicted molar refractivity (Wildman–Crippen MR) is 72.4 cm³/mol. The molecular weight excluding hydrogens is 226 g/mol. The first-order valence-electron chi connectivity index (χ1n) is 7.68. The molecule has 0 N–H and O–H groups in total. The third-order valence-corrected chi connectivity index (χ3v) is 4.37. The summed E-state index contributed by atoms with van der Waals surface area (Å²) in [5.41, 5.74) is 0. The Labute approximate surface area is 111 Å². The molecular formula is C15H27NO2. The minimum Gasteiger partial charge on any atom is -0.466 e. The molecule has 0 aromatic heterocycles. The topological polar surface area (TPSA) is 29.5 Å². The molecule has 1 aliphatic heterocycles. The Hall–Kier alpha value is -0.570. The van der Waals surface area contributed by atoms with E-state index in [1.54, 1.807) is 0 Å². The molecule has 0 spiro atoms. The molecule has 0 aromatic rings. The highest BCUT2D eigenvalue weighted by Crippen LogP contribution is 2.26. The van der Waals surface area contributed by atoms with Gasteiger partial charge in [0.15, 0.2) is 0 Å². The summed E-state index contributed by atoms with van der Waals surface area (Å²) in [5, 5.41) is 0. The molecule has 1 saturated carbocycles. The zero-order chi connectivity index (χ0) is 12.8. The van der Waals surface area contributed by atoms with Gasteiger partial charge in [0.25, 0.3) is 0 Å². The van der Waals surface area contributed by atoms with Crippen molar-refractivity contribution < 1.29 is 9.53 Å². The van der Waals surface area contributed by atoms with E-state index in [0.29, 0.717) is 6.61 Å². The Morgan fingerprint density at radius 3 is 2.67 bits per heavy atom. The van der Waals surface area contributed by atoms with Gasteiger partial charge in [-0.3, -0.25) is 4.79 Å². The van der Waals surface area contributed by atoms with Crippen LogP contribution >= 0.6 is 0 Å². The van der Waals surface area contributed by atoms with Gasteiger partial charge in [-0.05, 0) is 45.1 Å². The van der Waals surface area contributed by atoms with Gasteiger partial charge in [-0.2, -0.15) is 0 Å². The van der Waals surface area contributed by atoms with Crippen molar-refractivity contribution in [3.05, 3.63) is 0 Å². The highest BCUT2D eigenvalue weighted by atomic mass is 16.5. The van der Waals surface area contributed by atoms with Gasteiger partial charge < -0.3 is 9.64 Å². The van der Waals surface area contributed by atoms with Crippen LogP contribution in [0.5, 0.6) is 0 Å². The largest absolute Gasteiger partial charge is 0.466 e. The van der Waals surface area contributed by atoms with Gasteiger partial charge in [0.1, 0.15) is 0 Å². The third kappa shape index (κ3) is 3.98. The number of hydrogen-bond donors (Lipinski definition) is 0. The highest BCUT2D eigenvalue weighted by Gasteiger charge is 2.28. The van der Waals surface area contributed by atoms with Gasteiger partial charge in [0.05, 0.1) is 12.5 Å². The van der Waals surface area contributed by atoms with Crippen molar-refractivity contribution in [3.8, 4) is 0 Å². The number of carbonyl (C=O) groups is 1. The van der Waals surface area contributed by atoms with Crippen LogP contribution in [0.15, 0.2) is 0 Å². The second kappa shape index (κ2) is 7.13. The Kier molecular flexibility index (Phi) is 5.48. The molecule has 1 aliphatic carbocycles. The van der Waals surface area contributed by atoms with E-state index in [1.807, 2.05) is 6.92 Å². The summed E-state index contributed by atoms with van der Waals surface area (Å²) in [7, 11) is 0. The summed E-state index contributed by atoms with van der Waals surface area (Å²) in [5.74, 6) is 1.02. The average molecular weight is 253 g/mol. The van der Waals surface area contributed by atoms with Crippen molar-refractivity contribution in [3.63, 3.8) is 0 Å². The van der Waals surface area contributed by atoms with E-state index in [2.05, 4.69) is 4.90 Å². The summed E-state index contributed by atoms with van der Waals surface area (Å²) in [4.78, 5) is 14.3. The first-order valence-corrected chi connectivity index (χ1v) is 7.68. The number of likely N-dealkylation sites (tertiary alicyclic amines) is 1. The van der Waals surface area contributed by atoms with E-state index in [4.69, 9.17) is 4.74 Å². The lowest BCUT2D eigenvalue weighted by Gasteiger charge is -2.35. The minimum atomic E-state index is 0.0193. The van der Waals surface area contributed by atoms with Crippen LogP contribution in [-0.4, -0.2) is 37.1 Å². The monoisotopic (exact) mass is 253 g/mol. The SMILES string of the molecule is CCOC(=O)C1CCCN(CC2CCCCC2)C1. The first-order chi connectivity index (χ1) is 8.79. The summed E-state index contributed by atoms with van der Waals surface area (Å²) in [6.45, 7) is 5.70. The molecule has 1 heterocycles. The molecule has 0 radical (unpaired) electrons. The van der Waals surface area contributed by atoms with Crippen LogP contribution in [0.4, 0.5) is 0 Å². The van der Waals surface area contributed by atoms with Crippen molar-refractivity contribution >= 4 is 5.97 Å². The van der Waals surface area contributed by atoms with Crippen LogP contribution in [0.1, 0.15) is 51.9 Å². The normalized spacial score (nSPS) is 27.1. The van der Waals surface area contributed by atoms with Gasteiger partial charge in [0, 0.05) is 13.1 Å². The molecule has 2 aliphatic rings. The number of nitrogens with zero attached hydrogens (tertiary/aromatic N) is 1. The fourth-order valence-corrected chi connectivity index (χ4v) is 3.41. The Bertz CT molecular complexity index is 261. The molecule has 1 atom stereocenters. The maximum Gasteiger partial charge on any atom is 0.310 e. The molecule has 0 aromatic carbocycles. The first kappa shape index (κ1) is 13.9. The maximum absolute atomic E-state index is 11.8. The van der Waals surface area contributed by atoms with E-state index < -0.39 is 0 Å². The van der Waals surface area contributed by atoms with E-state index in [9.17, 15) is 4.79 Å². The van der Waals surface area contributed by atoms with Crippen molar-refractivity contribution in [1.82, 2.24) is 4.90 Å². The quantitative estimate of drug-likeness (QED) is 0.722. The van der Waals surface area contributed by atoms with Crippen LogP contribution in [0, 0.1) is 11.8 Å². The molecule has 18 heavy (non-hydrogen) atoms. The molecule has 0 bridgehead atoms. The van der Waals surface area contributed by atoms with Crippen molar-refractivity contribution in [2.75, 3.05) is 26.2 Å². The van der Waals surface area contributed by atoms with E-state index in [1.165, 1.54) is 45.2 Å². The molecule has 1 unspecified atom stereocenters. The standard InChI is InChI=1S/C15H27NO2/c1-2-18-15(17)14-9-6-10-16(12-14)11-13-7-4-3-5-8-13/h13-14H,2-12H2,1H3. The van der Waals surface area contributed by atoms with Crippen LogP contribution in [-0.2, 0) is 9.53 Å². The Morgan fingerprint density at radius 2 is 1.94 bits per heavy atom. The van der Waals surface area contributed by atoms with Crippen molar-refractivity contribution in [2.45, 2.75) is 51.9 Å². The van der Waals surface area contributed by atoms with Gasteiger partial charge in [-0.25, -0.2) is 0 Å². The Morgan fingerprint density at radius 1 is 1.17 bits per heavy atom. The van der Waals surface area contributed by atoms with E-state index in [-0.39, 0.29) is 11.9 Å². The van der Waals surface area contributed by atoms with Crippen LogP contribution in [0.25, 0.3) is 0 Å². The average Bonchev–Trinajstić information content (AvgIpc) is 2.40. The van der Waals surface area contributed by atoms with Crippen LogP contribution in [0.3, 0.4) is 0 Å². The zero-order valence-corrected chi connectivity index (χ0v) is 11.7. The van der Waals surface area contributed by atoms with Crippen LogP contribution < -0.4 is 0 Å².